The zero-order chi connectivity index (χ0) is 24.2. The number of benzene rings is 4. The molecular weight excluding hydrogens is 443 g/mol. The summed E-state index contributed by atoms with van der Waals surface area (Å²) in [6, 6.07) is 28.1. The van der Waals surface area contributed by atoms with Crippen LogP contribution in [0.25, 0.3) is 0 Å². The average molecular weight is 471 g/mol. The van der Waals surface area contributed by atoms with E-state index < -0.39 is 18.0 Å². The van der Waals surface area contributed by atoms with Crippen molar-refractivity contribution in [2.75, 3.05) is 0 Å². The molecule has 1 heterocycles. The Morgan fingerprint density at radius 3 is 2.09 bits per heavy atom. The number of hydrogen-bond donors (Lipinski definition) is 1. The first-order chi connectivity index (χ1) is 17.1. The van der Waals surface area contributed by atoms with Crippen LogP contribution in [0.3, 0.4) is 0 Å². The highest BCUT2D eigenvalue weighted by molar-refractivity contribution is 5.50. The number of aliphatic hydroxyl groups excluding tert-OH is 1. The van der Waals surface area contributed by atoms with Gasteiger partial charge < -0.3 is 19.3 Å². The second-order valence-corrected chi connectivity index (χ2v) is 8.79. The Balaban J connectivity index is 1.32. The lowest BCUT2D eigenvalue weighted by atomic mass is 9.93. The fourth-order valence-corrected chi connectivity index (χ4v) is 4.29. The van der Waals surface area contributed by atoms with Gasteiger partial charge in [0.1, 0.15) is 30.8 Å². The molecule has 4 aromatic rings. The lowest BCUT2D eigenvalue weighted by Crippen LogP contribution is -2.30. The van der Waals surface area contributed by atoms with Crippen molar-refractivity contribution in [3.63, 3.8) is 0 Å². The second-order valence-electron chi connectivity index (χ2n) is 8.79. The molecule has 5 heteroatoms. The van der Waals surface area contributed by atoms with E-state index in [0.29, 0.717) is 30.1 Å². The highest BCUT2D eigenvalue weighted by atomic mass is 19.1. The van der Waals surface area contributed by atoms with Crippen molar-refractivity contribution in [3.05, 3.63) is 125 Å². The van der Waals surface area contributed by atoms with Gasteiger partial charge in [0.2, 0.25) is 0 Å². The first-order valence-electron chi connectivity index (χ1n) is 11.7. The van der Waals surface area contributed by atoms with Crippen LogP contribution in [0, 0.1) is 12.7 Å². The van der Waals surface area contributed by atoms with E-state index >= 15 is 0 Å². The summed E-state index contributed by atoms with van der Waals surface area (Å²) in [5.41, 5.74) is 4.37. The monoisotopic (exact) mass is 470 g/mol. The molecule has 178 valence electrons. The molecule has 0 saturated carbocycles. The molecule has 1 aliphatic heterocycles. The molecule has 1 unspecified atom stereocenters. The molecule has 1 aliphatic rings. The van der Waals surface area contributed by atoms with Crippen LogP contribution in [0.2, 0.25) is 0 Å². The van der Waals surface area contributed by atoms with Crippen LogP contribution >= 0.6 is 0 Å². The maximum atomic E-state index is 14.8. The minimum atomic E-state index is -0.847. The highest BCUT2D eigenvalue weighted by Gasteiger charge is 2.32. The molecule has 4 nitrogen and oxygen atoms in total. The number of rotatable bonds is 7. The van der Waals surface area contributed by atoms with E-state index in [9.17, 15) is 9.50 Å². The maximum Gasteiger partial charge on any atom is 0.165 e. The zero-order valence-corrected chi connectivity index (χ0v) is 19.5. The predicted molar refractivity (Wildman–Crippen MR) is 132 cm³/mol. The number of halogens is 1. The Morgan fingerprint density at radius 1 is 0.829 bits per heavy atom. The third-order valence-corrected chi connectivity index (χ3v) is 6.09. The highest BCUT2D eigenvalue weighted by Crippen LogP contribution is 2.41. The summed E-state index contributed by atoms with van der Waals surface area (Å²) in [5, 5.41) is 10.9. The number of aliphatic hydroxyl groups is 1. The lowest BCUT2D eigenvalue weighted by Gasteiger charge is -2.32. The molecule has 0 fully saturated rings. The van der Waals surface area contributed by atoms with Gasteiger partial charge in [-0.05, 0) is 53.4 Å². The first kappa shape index (κ1) is 22.9. The van der Waals surface area contributed by atoms with Gasteiger partial charge in [-0.1, -0.05) is 66.7 Å². The zero-order valence-electron chi connectivity index (χ0n) is 19.5. The Hall–Kier alpha value is -3.83. The van der Waals surface area contributed by atoms with Gasteiger partial charge in [0.25, 0.3) is 0 Å². The Kier molecular flexibility index (Phi) is 6.68. The van der Waals surface area contributed by atoms with Gasteiger partial charge in [-0.25, -0.2) is 4.39 Å². The molecule has 5 rings (SSSR count). The standard InChI is InChI=1S/C30H27FO4/c1-20-14-28(34-19-22-10-6-3-7-11-22)24-17-26(32)30(35-29(24)15-20)23-12-13-27(25(31)16-23)33-18-21-8-4-2-5-9-21/h2-16,26,30,32H,17-19H2,1H3/t26-,30?/m1/s1. The SMILES string of the molecule is Cc1cc(OCc2ccccc2)c2c(c1)OC(c1ccc(OCc3ccccc3)c(F)c1)[C@H](O)C2. The molecule has 0 aromatic heterocycles. The summed E-state index contributed by atoms with van der Waals surface area (Å²) in [6.07, 6.45) is -1.19. The molecule has 0 spiro atoms. The molecular formula is C30H27FO4. The summed E-state index contributed by atoms with van der Waals surface area (Å²) in [7, 11) is 0. The minimum absolute atomic E-state index is 0.163. The van der Waals surface area contributed by atoms with Gasteiger partial charge in [-0.3, -0.25) is 0 Å². The quantitative estimate of drug-likeness (QED) is 0.343. The summed E-state index contributed by atoms with van der Waals surface area (Å²) >= 11 is 0. The van der Waals surface area contributed by atoms with E-state index in [0.717, 1.165) is 22.3 Å². The van der Waals surface area contributed by atoms with Crippen LogP contribution in [0.5, 0.6) is 17.2 Å². The lowest BCUT2D eigenvalue weighted by molar-refractivity contribution is 0.0194. The van der Waals surface area contributed by atoms with Crippen molar-refractivity contribution in [1.29, 1.82) is 0 Å². The van der Waals surface area contributed by atoms with Gasteiger partial charge in [0.15, 0.2) is 11.6 Å². The number of hydrogen-bond acceptors (Lipinski definition) is 4. The number of fused-ring (bicyclic) bond motifs is 1. The molecule has 0 saturated heterocycles. The van der Waals surface area contributed by atoms with E-state index in [1.807, 2.05) is 79.7 Å². The smallest absolute Gasteiger partial charge is 0.165 e. The third-order valence-electron chi connectivity index (χ3n) is 6.09. The van der Waals surface area contributed by atoms with E-state index in [1.54, 1.807) is 12.1 Å². The van der Waals surface area contributed by atoms with Gasteiger partial charge in [0, 0.05) is 12.0 Å². The molecule has 1 N–H and O–H groups in total. The molecule has 35 heavy (non-hydrogen) atoms. The maximum absolute atomic E-state index is 14.8. The van der Waals surface area contributed by atoms with Crippen LogP contribution < -0.4 is 14.2 Å². The van der Waals surface area contributed by atoms with Gasteiger partial charge in [-0.15, -0.1) is 0 Å². The van der Waals surface area contributed by atoms with Crippen LogP contribution in [0.4, 0.5) is 4.39 Å². The van der Waals surface area contributed by atoms with Crippen molar-refractivity contribution in [3.8, 4) is 17.2 Å². The predicted octanol–water partition coefficient (Wildman–Crippen LogP) is 6.33. The third kappa shape index (κ3) is 5.31. The topological polar surface area (TPSA) is 47.9 Å². The number of ether oxygens (including phenoxy) is 3. The van der Waals surface area contributed by atoms with Gasteiger partial charge in [-0.2, -0.15) is 0 Å². The largest absolute Gasteiger partial charge is 0.488 e. The van der Waals surface area contributed by atoms with Gasteiger partial charge in [0.05, 0.1) is 6.10 Å². The van der Waals surface area contributed by atoms with E-state index in [4.69, 9.17) is 14.2 Å². The summed E-state index contributed by atoms with van der Waals surface area (Å²) in [5.74, 6) is 1.01. The van der Waals surface area contributed by atoms with Crippen LogP contribution in [0.1, 0.15) is 33.9 Å². The summed E-state index contributed by atoms with van der Waals surface area (Å²) in [4.78, 5) is 0. The summed E-state index contributed by atoms with van der Waals surface area (Å²) in [6.45, 7) is 2.67. The first-order valence-corrected chi connectivity index (χ1v) is 11.7. The van der Waals surface area contributed by atoms with Gasteiger partial charge >= 0.3 is 0 Å². The van der Waals surface area contributed by atoms with Crippen molar-refractivity contribution >= 4 is 0 Å². The normalized spacial score (nSPS) is 16.8. The fraction of sp³-hybridized carbons (Fsp3) is 0.200. The molecule has 0 bridgehead atoms. The van der Waals surface area contributed by atoms with Crippen molar-refractivity contribution < 1.29 is 23.7 Å². The second kappa shape index (κ2) is 10.2. The van der Waals surface area contributed by atoms with E-state index in [2.05, 4.69) is 0 Å². The minimum Gasteiger partial charge on any atom is -0.488 e. The van der Waals surface area contributed by atoms with E-state index in [-0.39, 0.29) is 12.4 Å². The Morgan fingerprint density at radius 2 is 1.46 bits per heavy atom. The van der Waals surface area contributed by atoms with Crippen molar-refractivity contribution in [2.24, 2.45) is 0 Å². The Bertz CT molecular complexity index is 1290. The summed E-state index contributed by atoms with van der Waals surface area (Å²) < 4.78 is 32.8. The van der Waals surface area contributed by atoms with Crippen LogP contribution in [-0.4, -0.2) is 11.2 Å². The molecule has 2 atom stereocenters. The van der Waals surface area contributed by atoms with Crippen LogP contribution in [0.15, 0.2) is 91.0 Å². The van der Waals surface area contributed by atoms with Crippen molar-refractivity contribution in [2.45, 2.75) is 38.8 Å². The molecule has 0 radical (unpaired) electrons. The fourth-order valence-electron chi connectivity index (χ4n) is 4.29. The average Bonchev–Trinajstić information content (AvgIpc) is 2.88. The van der Waals surface area contributed by atoms with Crippen molar-refractivity contribution in [1.82, 2.24) is 0 Å². The molecule has 4 aromatic carbocycles. The number of aryl methyl sites for hydroxylation is 1. The van der Waals surface area contributed by atoms with E-state index in [1.165, 1.54) is 6.07 Å². The van der Waals surface area contributed by atoms with Crippen LogP contribution in [-0.2, 0) is 19.6 Å². The Labute approximate surface area is 204 Å². The molecule has 0 aliphatic carbocycles. The molecule has 0 amide bonds.